The molecule has 0 aromatic rings. The van der Waals surface area contributed by atoms with Gasteiger partial charge in [0.2, 0.25) is 0 Å². The minimum absolute atomic E-state index is 0.0425. The van der Waals surface area contributed by atoms with Crippen LogP contribution in [0.2, 0.25) is 0 Å². The summed E-state index contributed by atoms with van der Waals surface area (Å²) in [4.78, 5) is 5.41. The number of nitrogens with one attached hydrogen (secondary N) is 3. The van der Waals surface area contributed by atoms with Gasteiger partial charge in [-0.2, -0.15) is 10.5 Å². The average Bonchev–Trinajstić information content (AvgIpc) is 3.71. The number of likely N-dealkylation sites (tertiary alicyclic amines) is 2. The normalized spacial score (nSPS) is 45.6. The van der Waals surface area contributed by atoms with Crippen LogP contribution in [0.5, 0.6) is 0 Å². The van der Waals surface area contributed by atoms with Crippen LogP contribution in [0.4, 0.5) is 4.39 Å². The number of thioether (sulfide) groups is 2. The summed E-state index contributed by atoms with van der Waals surface area (Å²) >= 11 is 7.33. The van der Waals surface area contributed by atoms with E-state index in [0.717, 1.165) is 51.9 Å². The summed E-state index contributed by atoms with van der Waals surface area (Å²) in [5, 5.41) is 39.4. The van der Waals surface area contributed by atoms with E-state index in [-0.39, 0.29) is 45.8 Å². The molecule has 13 heteroatoms. The standard InChI is InChI=1S/C19H31BrN4OS.C17H28FN3OS/c20-18-15(7-8-16-19(18)26-17(10-21)23-16)22-12-3-5-13(6-4-12)24-9-1-2-14(25)11-24;1-4-21-6-5-15(17(2,3)10-21)22-13-8-12-14(7-11(13)18)23-16(9-19)20-12/h12-19,22-23,25H,1-9,11H2;11-16,20H,4-8,10H2,1-3H3/t12?,13?,14-,15?,16?,17?,18?,19?;/m1./s1. The SMILES string of the molecule is CCN1CCC(OC2CC3NC(C#N)SC3CC2F)C(C)(C)C1.N#CC1NC2CCC(NC3CCC(N4CCC[C@@H](O)C4)CC3)C(Br)C2S1. The molecule has 3 aliphatic carbocycles. The lowest BCUT2D eigenvalue weighted by molar-refractivity contribution is -0.136. The number of aliphatic hydroxyl groups is 1. The molecule has 0 aromatic heterocycles. The summed E-state index contributed by atoms with van der Waals surface area (Å²) in [6.07, 6.45) is 10.4. The van der Waals surface area contributed by atoms with Gasteiger partial charge in [0, 0.05) is 70.6 Å². The number of piperidine rings is 2. The largest absolute Gasteiger partial charge is 0.392 e. The van der Waals surface area contributed by atoms with Crippen LogP contribution in [0, 0.1) is 28.1 Å². The molecule has 4 aliphatic heterocycles. The highest BCUT2D eigenvalue weighted by atomic mass is 79.9. The number of ether oxygens (including phenoxy) is 1. The van der Waals surface area contributed by atoms with E-state index in [1.165, 1.54) is 38.6 Å². The van der Waals surface area contributed by atoms with E-state index in [9.17, 15) is 14.8 Å². The van der Waals surface area contributed by atoms with Crippen molar-refractivity contribution in [2.45, 2.75) is 172 Å². The minimum Gasteiger partial charge on any atom is -0.392 e. The highest BCUT2D eigenvalue weighted by Gasteiger charge is 2.47. The molecule has 11 unspecified atom stereocenters. The van der Waals surface area contributed by atoms with Crippen LogP contribution < -0.4 is 16.0 Å². The highest BCUT2D eigenvalue weighted by molar-refractivity contribution is 9.09. The fourth-order valence-corrected chi connectivity index (χ4v) is 13.4. The van der Waals surface area contributed by atoms with E-state index in [4.69, 9.17) is 10.00 Å². The summed E-state index contributed by atoms with van der Waals surface area (Å²) in [6.45, 7) is 11.8. The van der Waals surface area contributed by atoms with Crippen molar-refractivity contribution in [3.8, 4) is 12.1 Å². The second-order valence-corrected chi connectivity index (χ2v) is 19.9. The molecule has 0 spiro atoms. The fraction of sp³-hybridized carbons (Fsp3) is 0.944. The zero-order valence-electron chi connectivity index (χ0n) is 29.6. The van der Waals surface area contributed by atoms with Gasteiger partial charge in [0.05, 0.1) is 30.5 Å². The molecule has 12 atom stereocenters. The summed E-state index contributed by atoms with van der Waals surface area (Å²) < 4.78 is 20.9. The molecule has 0 radical (unpaired) electrons. The lowest BCUT2D eigenvalue weighted by Gasteiger charge is -2.46. The Morgan fingerprint density at radius 3 is 2.41 bits per heavy atom. The van der Waals surface area contributed by atoms with E-state index in [1.54, 1.807) is 23.5 Å². The van der Waals surface area contributed by atoms with E-state index in [2.05, 4.69) is 74.6 Å². The van der Waals surface area contributed by atoms with Gasteiger partial charge in [-0.3, -0.25) is 15.5 Å². The molecule has 9 nitrogen and oxygen atoms in total. The maximum atomic E-state index is 14.6. The van der Waals surface area contributed by atoms with Gasteiger partial charge in [-0.15, -0.1) is 23.5 Å². The summed E-state index contributed by atoms with van der Waals surface area (Å²) in [5.74, 6) is 0. The molecule has 0 amide bonds. The Labute approximate surface area is 311 Å². The Morgan fingerprint density at radius 2 is 1.71 bits per heavy atom. The van der Waals surface area contributed by atoms with Crippen molar-refractivity contribution in [3.05, 3.63) is 0 Å². The van der Waals surface area contributed by atoms with E-state index < -0.39 is 6.17 Å². The van der Waals surface area contributed by atoms with Gasteiger partial charge in [0.25, 0.3) is 0 Å². The van der Waals surface area contributed by atoms with Crippen LogP contribution in [0.15, 0.2) is 0 Å². The van der Waals surface area contributed by atoms with Crippen molar-refractivity contribution < 1.29 is 14.2 Å². The average molecular weight is 785 g/mol. The smallest absolute Gasteiger partial charge is 0.143 e. The van der Waals surface area contributed by atoms with Gasteiger partial charge < -0.3 is 20.1 Å². The van der Waals surface area contributed by atoms with Gasteiger partial charge in [-0.1, -0.05) is 36.7 Å². The number of nitriles is 2. The first-order valence-corrected chi connectivity index (χ1v) is 21.8. The number of rotatable bonds is 6. The van der Waals surface area contributed by atoms with Crippen molar-refractivity contribution in [2.75, 3.05) is 32.7 Å². The van der Waals surface area contributed by atoms with E-state index in [0.29, 0.717) is 47.1 Å². The molecule has 4 N–H and O–H groups in total. The topological polar surface area (TPSA) is 120 Å². The van der Waals surface area contributed by atoms with Crippen molar-refractivity contribution in [3.63, 3.8) is 0 Å². The monoisotopic (exact) mass is 783 g/mol. The zero-order chi connectivity index (χ0) is 34.7. The quantitative estimate of drug-likeness (QED) is 0.280. The second-order valence-electron chi connectivity index (χ2n) is 16.2. The third kappa shape index (κ3) is 9.49. The summed E-state index contributed by atoms with van der Waals surface area (Å²) in [6, 6.07) is 7.10. The van der Waals surface area contributed by atoms with Crippen LogP contribution in [0.1, 0.15) is 91.4 Å². The number of halogens is 2. The minimum atomic E-state index is -0.914. The number of nitrogens with zero attached hydrogens (tertiary/aromatic N) is 4. The van der Waals surface area contributed by atoms with Crippen molar-refractivity contribution in [1.29, 1.82) is 10.5 Å². The Kier molecular flexibility index (Phi) is 13.6. The van der Waals surface area contributed by atoms with Gasteiger partial charge in [-0.05, 0) is 83.7 Å². The molecule has 7 aliphatic rings. The van der Waals surface area contributed by atoms with E-state index in [1.807, 2.05) is 0 Å². The summed E-state index contributed by atoms with van der Waals surface area (Å²) in [5.41, 5.74) is 0.0534. The molecule has 276 valence electrons. The second kappa shape index (κ2) is 17.3. The van der Waals surface area contributed by atoms with Crippen LogP contribution in [0.3, 0.4) is 0 Å². The molecular formula is C36H59BrFN7O2S2. The van der Waals surface area contributed by atoms with Gasteiger partial charge >= 0.3 is 0 Å². The van der Waals surface area contributed by atoms with Crippen molar-refractivity contribution in [2.24, 2.45) is 5.41 Å². The molecule has 0 bridgehead atoms. The molecule has 4 saturated heterocycles. The van der Waals surface area contributed by atoms with Crippen LogP contribution >= 0.6 is 39.5 Å². The molecule has 0 aromatic carbocycles. The first-order valence-electron chi connectivity index (χ1n) is 19.0. The molecule has 7 fully saturated rings. The third-order valence-corrected chi connectivity index (χ3v) is 16.7. The molecule has 7 rings (SSSR count). The molecule has 4 heterocycles. The lowest BCUT2D eigenvalue weighted by Crippen LogP contribution is -2.55. The fourth-order valence-electron chi connectivity index (χ4n) is 9.55. The van der Waals surface area contributed by atoms with Gasteiger partial charge in [0.15, 0.2) is 0 Å². The van der Waals surface area contributed by atoms with Gasteiger partial charge in [0.1, 0.15) is 16.9 Å². The third-order valence-electron chi connectivity index (χ3n) is 12.3. The Balaban J connectivity index is 0.000000171. The number of β-amino-alcohol motifs (C(OH)–C–C–N with tert-alkyl or cyclic N) is 1. The maximum Gasteiger partial charge on any atom is 0.143 e. The number of alkyl halides is 2. The predicted molar refractivity (Wildman–Crippen MR) is 200 cm³/mol. The first kappa shape index (κ1) is 38.5. The highest BCUT2D eigenvalue weighted by Crippen LogP contribution is 2.42. The number of hydrogen-bond acceptors (Lipinski definition) is 11. The maximum absolute atomic E-state index is 14.6. The molecule has 3 saturated carbocycles. The Morgan fingerprint density at radius 1 is 0.980 bits per heavy atom. The van der Waals surface area contributed by atoms with E-state index >= 15 is 0 Å². The zero-order valence-corrected chi connectivity index (χ0v) is 32.8. The van der Waals surface area contributed by atoms with Crippen molar-refractivity contribution in [1.82, 2.24) is 25.8 Å². The first-order chi connectivity index (χ1) is 23.6. The Bertz CT molecular complexity index is 1170. The molecular weight excluding hydrogens is 725 g/mol. The predicted octanol–water partition coefficient (Wildman–Crippen LogP) is 4.74. The number of fused-ring (bicyclic) bond motifs is 2. The van der Waals surface area contributed by atoms with Crippen LogP contribution in [-0.4, -0.2) is 128 Å². The number of aliphatic hydroxyl groups excluding tert-OH is 1. The van der Waals surface area contributed by atoms with Crippen LogP contribution in [-0.2, 0) is 4.74 Å². The summed E-state index contributed by atoms with van der Waals surface area (Å²) in [7, 11) is 0. The van der Waals surface area contributed by atoms with Gasteiger partial charge in [-0.25, -0.2) is 4.39 Å². The molecule has 49 heavy (non-hydrogen) atoms. The van der Waals surface area contributed by atoms with Crippen LogP contribution in [0.25, 0.3) is 0 Å². The lowest BCUT2D eigenvalue weighted by atomic mass is 9.80. The van der Waals surface area contributed by atoms with Crippen molar-refractivity contribution >= 4 is 39.5 Å². The Hall–Kier alpha value is -0.190. The number of hydrogen-bond donors (Lipinski definition) is 4.